The van der Waals surface area contributed by atoms with Crippen LogP contribution in [0, 0.1) is 10.1 Å². The van der Waals surface area contributed by atoms with Gasteiger partial charge in [-0.25, -0.2) is 9.69 Å². The number of nitrogens with zero attached hydrogens (tertiary/aromatic N) is 2. The average Bonchev–Trinajstić information content (AvgIpc) is 3.00. The topological polar surface area (TPSA) is 128 Å². The number of nitro groups is 1. The van der Waals surface area contributed by atoms with Gasteiger partial charge in [-0.2, -0.15) is 13.2 Å². The molecule has 0 atom stereocenters. The molecule has 5 rings (SSSR count). The maximum absolute atomic E-state index is 13.5. The van der Waals surface area contributed by atoms with E-state index in [0.717, 1.165) is 17.7 Å². The van der Waals surface area contributed by atoms with E-state index in [0.29, 0.717) is 16.7 Å². The summed E-state index contributed by atoms with van der Waals surface area (Å²) < 4.78 is 50.9. The van der Waals surface area contributed by atoms with Gasteiger partial charge in [-0.3, -0.25) is 25.0 Å². The van der Waals surface area contributed by atoms with Crippen molar-refractivity contribution in [1.82, 2.24) is 5.32 Å². The molecule has 1 fully saturated rings. The van der Waals surface area contributed by atoms with E-state index in [9.17, 15) is 37.7 Å². The summed E-state index contributed by atoms with van der Waals surface area (Å²) in [6.45, 7) is 0.271. The number of urea groups is 1. The number of alkyl halides is 3. The van der Waals surface area contributed by atoms with Crippen molar-refractivity contribution in [3.8, 4) is 17.2 Å². The normalized spacial score (nSPS) is 14.3. The lowest BCUT2D eigenvalue weighted by Crippen LogP contribution is -2.54. The molecule has 1 N–H and O–H groups in total. The molecule has 4 amide bonds. The lowest BCUT2D eigenvalue weighted by Gasteiger charge is -2.26. The smallest absolute Gasteiger partial charge is 0.416 e. The van der Waals surface area contributed by atoms with Crippen LogP contribution in [0.4, 0.5) is 29.3 Å². The fourth-order valence-corrected chi connectivity index (χ4v) is 4.86. The highest BCUT2D eigenvalue weighted by atomic mass is 35.5. The van der Waals surface area contributed by atoms with Gasteiger partial charge >= 0.3 is 17.9 Å². The Morgan fingerprint density at radius 2 is 1.63 bits per heavy atom. The van der Waals surface area contributed by atoms with Crippen molar-refractivity contribution in [3.05, 3.63) is 127 Å². The maximum Gasteiger partial charge on any atom is 0.416 e. The standard InChI is InChI=1S/C31H18Cl2F3N3O7/c32-20-12-18(27(24(33)15-20)46-26-11-6-19(31(34,35)36)14-25(26)39(43)44)13-23-28(40)37-30(42)38(29(23)41)21-7-9-22(10-8-21)45-16-17-4-2-1-3-5-17/h1-15H,16H2,(H,37,40,42)/b23-13+. The van der Waals surface area contributed by atoms with Gasteiger partial charge in [0.1, 0.15) is 17.9 Å². The molecule has 1 heterocycles. The number of rotatable bonds is 8. The Kier molecular flexibility index (Phi) is 8.98. The van der Waals surface area contributed by atoms with Crippen LogP contribution in [0.15, 0.2) is 90.5 Å². The van der Waals surface area contributed by atoms with Gasteiger partial charge in [0.05, 0.1) is 21.2 Å². The fourth-order valence-electron chi connectivity index (χ4n) is 4.31. The molecule has 1 saturated heterocycles. The molecule has 0 spiro atoms. The predicted molar refractivity (Wildman–Crippen MR) is 161 cm³/mol. The number of barbiturate groups is 1. The highest BCUT2D eigenvalue weighted by Gasteiger charge is 2.37. The van der Waals surface area contributed by atoms with Crippen molar-refractivity contribution in [2.45, 2.75) is 12.8 Å². The van der Waals surface area contributed by atoms with Crippen molar-refractivity contribution < 1.29 is 42.0 Å². The van der Waals surface area contributed by atoms with Gasteiger partial charge in [0.15, 0.2) is 5.75 Å². The number of nitrogens with one attached hydrogen (secondary N) is 1. The third kappa shape index (κ3) is 6.95. The Bertz CT molecular complexity index is 1900. The van der Waals surface area contributed by atoms with Gasteiger partial charge < -0.3 is 9.47 Å². The van der Waals surface area contributed by atoms with Crippen LogP contribution in [-0.4, -0.2) is 22.8 Å². The molecule has 4 aromatic carbocycles. The van der Waals surface area contributed by atoms with Crippen LogP contribution in [0.1, 0.15) is 16.7 Å². The van der Waals surface area contributed by atoms with E-state index >= 15 is 0 Å². The zero-order chi connectivity index (χ0) is 33.2. The summed E-state index contributed by atoms with van der Waals surface area (Å²) in [5.41, 5.74) is -2.03. The minimum Gasteiger partial charge on any atom is -0.489 e. The number of anilines is 1. The third-order valence-electron chi connectivity index (χ3n) is 6.48. The second kappa shape index (κ2) is 12.9. The van der Waals surface area contributed by atoms with Crippen LogP contribution < -0.4 is 19.7 Å². The molecule has 0 aliphatic carbocycles. The summed E-state index contributed by atoms with van der Waals surface area (Å²) in [4.78, 5) is 50.3. The Balaban J connectivity index is 1.46. The molecular weight excluding hydrogens is 654 g/mol. The average molecular weight is 672 g/mol. The number of hydrogen-bond acceptors (Lipinski definition) is 7. The van der Waals surface area contributed by atoms with Crippen molar-refractivity contribution in [2.24, 2.45) is 0 Å². The number of carbonyl (C=O) groups excluding carboxylic acids is 3. The fraction of sp³-hybridized carbons (Fsp3) is 0.0645. The maximum atomic E-state index is 13.5. The van der Waals surface area contributed by atoms with E-state index in [-0.39, 0.29) is 39.7 Å². The van der Waals surface area contributed by atoms with Gasteiger partial charge in [0.2, 0.25) is 5.75 Å². The minimum absolute atomic E-state index is 0.00573. The highest BCUT2D eigenvalue weighted by Crippen LogP contribution is 2.42. The van der Waals surface area contributed by atoms with Crippen LogP contribution in [0.3, 0.4) is 0 Å². The molecule has 0 unspecified atom stereocenters. The quantitative estimate of drug-likeness (QED) is 0.0871. The number of hydrogen-bond donors (Lipinski definition) is 1. The molecule has 0 aromatic heterocycles. The van der Waals surface area contributed by atoms with Crippen molar-refractivity contribution in [1.29, 1.82) is 0 Å². The van der Waals surface area contributed by atoms with E-state index in [1.165, 1.54) is 36.4 Å². The van der Waals surface area contributed by atoms with Gasteiger partial charge in [-0.15, -0.1) is 0 Å². The first kappa shape index (κ1) is 32.0. The molecule has 0 bridgehead atoms. The summed E-state index contributed by atoms with van der Waals surface area (Å²) in [6.07, 6.45) is -3.89. The zero-order valence-corrected chi connectivity index (χ0v) is 24.5. The molecule has 1 aliphatic rings. The molecular formula is C31H18Cl2F3N3O7. The summed E-state index contributed by atoms with van der Waals surface area (Å²) >= 11 is 12.4. The molecule has 10 nitrogen and oxygen atoms in total. The number of benzene rings is 4. The number of amides is 4. The second-order valence-electron chi connectivity index (χ2n) is 9.57. The first-order valence-corrected chi connectivity index (χ1v) is 13.8. The molecule has 0 radical (unpaired) electrons. The van der Waals surface area contributed by atoms with E-state index in [4.69, 9.17) is 32.7 Å². The lowest BCUT2D eigenvalue weighted by atomic mass is 10.1. The van der Waals surface area contributed by atoms with E-state index < -0.39 is 51.5 Å². The Morgan fingerprint density at radius 3 is 2.28 bits per heavy atom. The number of carbonyl (C=O) groups is 3. The lowest BCUT2D eigenvalue weighted by molar-refractivity contribution is -0.385. The van der Waals surface area contributed by atoms with E-state index in [1.807, 2.05) is 30.3 Å². The first-order valence-electron chi connectivity index (χ1n) is 13.0. The van der Waals surface area contributed by atoms with Gasteiger partial charge in [0.25, 0.3) is 11.8 Å². The molecule has 46 heavy (non-hydrogen) atoms. The molecule has 4 aromatic rings. The molecule has 15 heteroatoms. The Morgan fingerprint density at radius 1 is 0.935 bits per heavy atom. The van der Waals surface area contributed by atoms with Crippen molar-refractivity contribution in [2.75, 3.05) is 4.90 Å². The largest absolute Gasteiger partial charge is 0.489 e. The van der Waals surface area contributed by atoms with Gasteiger partial charge in [-0.05, 0) is 60.2 Å². The number of ether oxygens (including phenoxy) is 2. The number of halogens is 5. The van der Waals surface area contributed by atoms with Crippen LogP contribution >= 0.6 is 23.2 Å². The molecule has 234 valence electrons. The van der Waals surface area contributed by atoms with E-state index in [1.54, 1.807) is 0 Å². The minimum atomic E-state index is -4.87. The number of nitro benzene ring substituents is 1. The van der Waals surface area contributed by atoms with Crippen LogP contribution in [0.25, 0.3) is 6.08 Å². The van der Waals surface area contributed by atoms with Crippen molar-refractivity contribution >= 4 is 58.5 Å². The third-order valence-corrected chi connectivity index (χ3v) is 6.98. The first-order chi connectivity index (χ1) is 21.8. The SMILES string of the molecule is O=C1NC(=O)N(c2ccc(OCc3ccccc3)cc2)C(=O)/C1=C/c1cc(Cl)cc(Cl)c1Oc1ccc(C(F)(F)F)cc1[N+](=O)[O-]. The summed E-state index contributed by atoms with van der Waals surface area (Å²) in [5, 5.41) is 13.4. The monoisotopic (exact) mass is 671 g/mol. The zero-order valence-electron chi connectivity index (χ0n) is 23.0. The summed E-state index contributed by atoms with van der Waals surface area (Å²) in [7, 11) is 0. The summed E-state index contributed by atoms with van der Waals surface area (Å²) in [5.74, 6) is -2.68. The Hall–Kier alpha value is -5.40. The van der Waals surface area contributed by atoms with Gasteiger partial charge in [0, 0.05) is 16.7 Å². The molecule has 1 aliphatic heterocycles. The van der Waals surface area contributed by atoms with Crippen molar-refractivity contribution in [3.63, 3.8) is 0 Å². The Labute approximate surface area is 267 Å². The second-order valence-corrected chi connectivity index (χ2v) is 10.4. The molecule has 0 saturated carbocycles. The van der Waals surface area contributed by atoms with Crippen LogP contribution in [0.5, 0.6) is 17.2 Å². The van der Waals surface area contributed by atoms with E-state index in [2.05, 4.69) is 5.32 Å². The summed E-state index contributed by atoms with van der Waals surface area (Å²) in [6, 6.07) is 18.2. The van der Waals surface area contributed by atoms with Gasteiger partial charge in [-0.1, -0.05) is 53.5 Å². The van der Waals surface area contributed by atoms with Crippen LogP contribution in [-0.2, 0) is 22.4 Å². The van der Waals surface area contributed by atoms with Crippen LogP contribution in [0.2, 0.25) is 10.0 Å². The number of imide groups is 2. The highest BCUT2D eigenvalue weighted by molar-refractivity contribution is 6.40. The predicted octanol–water partition coefficient (Wildman–Crippen LogP) is 7.96.